The number of piperidine rings is 3. The van der Waals surface area contributed by atoms with E-state index in [0.29, 0.717) is 52.6 Å². The molecule has 3 amide bonds. The third kappa shape index (κ3) is 15.7. The second kappa shape index (κ2) is 30.0. The van der Waals surface area contributed by atoms with Crippen LogP contribution in [0.25, 0.3) is 34.2 Å². The third-order valence-electron chi connectivity index (χ3n) is 19.1. The first-order valence-electron chi connectivity index (χ1n) is 32.3. The van der Waals surface area contributed by atoms with Crippen molar-refractivity contribution in [3.63, 3.8) is 0 Å². The van der Waals surface area contributed by atoms with E-state index in [1.54, 1.807) is 67.5 Å². The van der Waals surface area contributed by atoms with Crippen molar-refractivity contribution < 1.29 is 50.7 Å². The largest absolute Gasteiger partial charge is 0.508 e. The monoisotopic (exact) mass is 1300 g/mol. The minimum Gasteiger partial charge on any atom is -0.508 e. The molecule has 3 unspecified atom stereocenters. The van der Waals surface area contributed by atoms with Crippen LogP contribution in [0.1, 0.15) is 125 Å². The Kier molecular flexibility index (Phi) is 21.2. The summed E-state index contributed by atoms with van der Waals surface area (Å²) in [7, 11) is -3.50. The molecule has 6 aliphatic rings. The topological polar surface area (TPSA) is 231 Å². The summed E-state index contributed by atoms with van der Waals surface area (Å²) in [6.45, 7) is 6.76. The summed E-state index contributed by atoms with van der Waals surface area (Å²) >= 11 is 0. The van der Waals surface area contributed by atoms with E-state index in [-0.39, 0.29) is 96.3 Å². The quantitative estimate of drug-likeness (QED) is 0.102. The number of carbonyl (C=O) groups is 3. The molecule has 94 heavy (non-hydrogen) atoms. The molecule has 9 atom stereocenters. The lowest BCUT2D eigenvalue weighted by molar-refractivity contribution is 0.0381. The molecule has 6 aliphatic heterocycles. The Labute approximate surface area is 547 Å². The molecule has 6 saturated heterocycles. The number of aromatic nitrogens is 6. The van der Waals surface area contributed by atoms with Gasteiger partial charge in [-0.25, -0.2) is 38.7 Å². The molecule has 18 nitrogen and oxygen atoms in total. The molecule has 6 fully saturated rings. The smallest absolute Gasteiger partial charge is 0.264 e. The zero-order valence-electron chi connectivity index (χ0n) is 53.3. The summed E-state index contributed by atoms with van der Waals surface area (Å²) in [5, 5.41) is 18.3. The number of ether oxygens (including phenoxy) is 1. The molecule has 490 valence electrons. The molecular weight excluding hydrogens is 1220 g/mol. The zero-order valence-corrected chi connectivity index (χ0v) is 54.1. The van der Waals surface area contributed by atoms with Gasteiger partial charge in [-0.05, 0) is 183 Å². The van der Waals surface area contributed by atoms with E-state index < -0.39 is 10.1 Å². The van der Waals surface area contributed by atoms with Crippen LogP contribution >= 0.6 is 0 Å². The number of phenols is 1. The van der Waals surface area contributed by atoms with Crippen molar-refractivity contribution in [2.75, 3.05) is 26.1 Å². The van der Waals surface area contributed by atoms with Crippen LogP contribution in [-0.4, -0.2) is 143 Å². The number of phenolic OH excluding ortho intramolecular Hbond substituents is 1. The predicted molar refractivity (Wildman–Crippen MR) is 352 cm³/mol. The van der Waals surface area contributed by atoms with Crippen LogP contribution in [0.5, 0.6) is 11.5 Å². The van der Waals surface area contributed by atoms with Crippen LogP contribution in [0.15, 0.2) is 159 Å². The number of aliphatic hydroxyl groups excluding tert-OH is 1. The van der Waals surface area contributed by atoms with Crippen LogP contribution < -0.4 is 4.74 Å². The molecule has 2 N–H and O–H groups in total. The Hall–Kier alpha value is -8.92. The summed E-state index contributed by atoms with van der Waals surface area (Å²) in [5.74, 6) is 2.35. The van der Waals surface area contributed by atoms with Crippen molar-refractivity contribution in [3.8, 4) is 45.7 Å². The fourth-order valence-corrected chi connectivity index (χ4v) is 15.0. The lowest BCUT2D eigenvalue weighted by Crippen LogP contribution is -2.49. The first-order chi connectivity index (χ1) is 45.4. The summed E-state index contributed by atoms with van der Waals surface area (Å²) in [5.41, 5.74) is 7.27. The normalized spacial score (nSPS) is 22.4. The maximum absolute atomic E-state index is 13.9. The van der Waals surface area contributed by atoms with Gasteiger partial charge in [0.1, 0.15) is 23.1 Å². The average molecular weight is 1300 g/mol. The third-order valence-corrected chi connectivity index (χ3v) is 19.6. The minimum absolute atomic E-state index is 0.00643. The van der Waals surface area contributed by atoms with Crippen molar-refractivity contribution in [1.82, 2.24) is 44.6 Å². The maximum Gasteiger partial charge on any atom is 0.264 e. The molecular formula is C73H79F2N9O9S. The highest BCUT2D eigenvalue weighted by atomic mass is 32.2. The first-order valence-corrected chi connectivity index (χ1v) is 34.1. The van der Waals surface area contributed by atoms with Crippen LogP contribution in [0.4, 0.5) is 8.78 Å². The SMILES string of the molecule is Cc1ccc(-c2ncccn2)c(C(=O)N2C3CC[C@H]2CC[C@@H]3CO)c1.Cc1ccc(-c2ncccn2)c(C(=O)N2C3CC[C@H]2CC[C@@H]3COS(C)(=O)=O)c1.Cc1ccc(-c2ncccn2)c(C(=O)N2C3CC[C@H]2CC[C@@H]3COc2ccc(F)cc2)c1.Oc1ccc(F)cc1. The van der Waals surface area contributed by atoms with Gasteiger partial charge in [0.15, 0.2) is 17.5 Å². The lowest BCUT2D eigenvalue weighted by atomic mass is 9.89. The highest BCUT2D eigenvalue weighted by molar-refractivity contribution is 7.86. The van der Waals surface area contributed by atoms with Gasteiger partial charge >= 0.3 is 0 Å². The van der Waals surface area contributed by atoms with Crippen LogP contribution in [0, 0.1) is 50.2 Å². The predicted octanol–water partition coefficient (Wildman–Crippen LogP) is 12.2. The summed E-state index contributed by atoms with van der Waals surface area (Å²) in [6, 6.07) is 35.0. The van der Waals surface area contributed by atoms with Crippen molar-refractivity contribution in [2.24, 2.45) is 17.8 Å². The molecule has 21 heteroatoms. The van der Waals surface area contributed by atoms with Crippen molar-refractivity contribution in [3.05, 3.63) is 204 Å². The number of rotatable bonds is 13. The number of fused-ring (bicyclic) bond motifs is 6. The van der Waals surface area contributed by atoms with E-state index in [9.17, 15) is 36.7 Å². The number of aromatic hydroxyl groups is 1. The molecule has 0 spiro atoms. The number of amides is 3. The number of halogens is 2. The van der Waals surface area contributed by atoms with Crippen molar-refractivity contribution in [1.29, 1.82) is 0 Å². The molecule has 9 heterocycles. The van der Waals surface area contributed by atoms with Gasteiger partial charge in [0, 0.05) is 114 Å². The molecule has 5 aromatic carbocycles. The maximum atomic E-state index is 13.9. The van der Waals surface area contributed by atoms with Gasteiger partial charge in [-0.15, -0.1) is 0 Å². The summed E-state index contributed by atoms with van der Waals surface area (Å²) in [6.07, 6.45) is 22.8. The lowest BCUT2D eigenvalue weighted by Gasteiger charge is -2.40. The fraction of sp³-hybridized carbons (Fsp3) is 0.384. The summed E-state index contributed by atoms with van der Waals surface area (Å²) < 4.78 is 59.1. The number of benzene rings is 5. The van der Waals surface area contributed by atoms with Crippen LogP contribution in [-0.2, 0) is 14.3 Å². The number of aryl methyl sites for hydroxylation is 3. The Morgan fingerprint density at radius 2 is 0.798 bits per heavy atom. The van der Waals surface area contributed by atoms with Gasteiger partial charge in [0.2, 0.25) is 0 Å². The van der Waals surface area contributed by atoms with Crippen LogP contribution in [0.2, 0.25) is 0 Å². The van der Waals surface area contributed by atoms with Gasteiger partial charge in [-0.2, -0.15) is 8.42 Å². The number of hydrogen-bond donors (Lipinski definition) is 2. The Morgan fingerprint density at radius 3 is 1.15 bits per heavy atom. The van der Waals surface area contributed by atoms with Crippen LogP contribution in [0.3, 0.4) is 0 Å². The molecule has 6 bridgehead atoms. The summed E-state index contributed by atoms with van der Waals surface area (Å²) in [4.78, 5) is 73.1. The van der Waals surface area contributed by atoms with E-state index >= 15 is 0 Å². The standard InChI is InChI=1S/C26H26FN3O2.C21H25N3O4S.C20H23N3O2.C6H5FO/c1-17-3-11-22(25-28-13-2-14-29-25)23(15-17)26(31)30-20-7-4-18(24(30)12-8-20)16-32-21-9-5-19(27)6-10-21;1-14-4-8-17(20-22-10-3-11-23-20)18(12-14)21(25)24-16-6-5-15(19(24)9-7-16)13-28-29(2,26)27;1-13-3-7-16(19-21-9-2-10-22-19)17(11-13)20(25)23-15-5-4-14(12-24)18(23)8-6-15;7-5-1-3-6(8)4-2-5/h2-3,5-6,9-11,13-15,18,20,24H,4,7-8,12,16H2,1H3;3-4,8,10-12,15-16,19H,5-7,9,13H2,1-2H3;2-3,7,9-11,14-15,18,24H,4-6,8,12H2,1H3;1-4,8H/t18-,20-,24?;15-,16-,19?;14-,15-,18?;/m111./s1. The van der Waals surface area contributed by atoms with E-state index in [1.807, 2.05) is 85.2 Å². The van der Waals surface area contributed by atoms with E-state index in [4.69, 9.17) is 14.0 Å². The van der Waals surface area contributed by atoms with E-state index in [0.717, 1.165) is 117 Å². The highest BCUT2D eigenvalue weighted by Gasteiger charge is 2.48. The molecule has 14 rings (SSSR count). The molecule has 0 aliphatic carbocycles. The second-order valence-corrected chi connectivity index (χ2v) is 27.0. The Morgan fingerprint density at radius 1 is 0.468 bits per heavy atom. The van der Waals surface area contributed by atoms with E-state index in [1.165, 1.54) is 36.4 Å². The Balaban J connectivity index is 0.000000136. The number of nitrogens with zero attached hydrogens (tertiary/aromatic N) is 9. The molecule has 8 aromatic rings. The molecule has 0 saturated carbocycles. The zero-order chi connectivity index (χ0) is 66.0. The molecule has 3 aromatic heterocycles. The minimum atomic E-state index is -3.50. The van der Waals surface area contributed by atoms with E-state index in [2.05, 4.69) is 34.8 Å². The Bertz CT molecular complexity index is 4010. The first kappa shape index (κ1) is 66.5. The van der Waals surface area contributed by atoms with Crippen molar-refractivity contribution in [2.45, 2.75) is 134 Å². The number of aliphatic hydroxyl groups is 1. The number of carbonyl (C=O) groups excluding carboxylic acids is 3. The fourth-order valence-electron chi connectivity index (χ4n) is 14.5. The van der Waals surface area contributed by atoms with Gasteiger partial charge in [0.25, 0.3) is 27.8 Å². The number of hydrogen-bond acceptors (Lipinski definition) is 15. The van der Waals surface area contributed by atoms with Gasteiger partial charge in [-0.3, -0.25) is 18.6 Å². The van der Waals surface area contributed by atoms with Gasteiger partial charge < -0.3 is 29.6 Å². The average Bonchev–Trinajstić information content (AvgIpc) is 1.56. The van der Waals surface area contributed by atoms with Gasteiger partial charge in [0.05, 0.1) is 36.2 Å². The van der Waals surface area contributed by atoms with Gasteiger partial charge in [-0.1, -0.05) is 53.1 Å². The van der Waals surface area contributed by atoms with Crippen molar-refractivity contribution >= 4 is 27.8 Å². The molecule has 0 radical (unpaired) electrons. The second-order valence-electron chi connectivity index (χ2n) is 25.3. The highest BCUT2D eigenvalue weighted by Crippen LogP contribution is 2.44.